The molecule has 0 spiro atoms. The van der Waals surface area contributed by atoms with Crippen molar-refractivity contribution < 1.29 is 0 Å². The van der Waals surface area contributed by atoms with Gasteiger partial charge in [-0.25, -0.2) is 0 Å². The highest BCUT2D eigenvalue weighted by Gasteiger charge is 2.00. The zero-order valence-corrected chi connectivity index (χ0v) is 12.8. The topological polar surface area (TPSA) is 24.9 Å². The highest BCUT2D eigenvalue weighted by molar-refractivity contribution is 9.10. The van der Waals surface area contributed by atoms with Gasteiger partial charge in [-0.3, -0.25) is 4.98 Å². The molecule has 1 aromatic heterocycles. The Morgan fingerprint density at radius 3 is 2.80 bits per heavy atom. The fraction of sp³-hybridized carbons (Fsp3) is 0.118. The monoisotopic (exact) mass is 326 g/mol. The summed E-state index contributed by atoms with van der Waals surface area (Å²) >= 11 is 3.52. The van der Waals surface area contributed by atoms with Gasteiger partial charge in [0, 0.05) is 16.4 Å². The molecule has 0 unspecified atom stereocenters. The number of rotatable bonds is 3. The van der Waals surface area contributed by atoms with Gasteiger partial charge < -0.3 is 5.32 Å². The molecule has 0 saturated heterocycles. The molecule has 0 bridgehead atoms. The molecule has 0 aliphatic carbocycles. The summed E-state index contributed by atoms with van der Waals surface area (Å²) in [6.45, 7) is 2.90. The zero-order chi connectivity index (χ0) is 13.9. The first-order chi connectivity index (χ1) is 9.72. The molecule has 2 aromatic carbocycles. The number of nitrogens with one attached hydrogen (secondary N) is 1. The number of aryl methyl sites for hydroxylation is 1. The number of hydrogen-bond donors (Lipinski definition) is 1. The summed E-state index contributed by atoms with van der Waals surface area (Å²) in [7, 11) is 0. The van der Waals surface area contributed by atoms with Crippen LogP contribution in [-0.2, 0) is 6.54 Å². The fourth-order valence-corrected chi connectivity index (χ4v) is 2.44. The summed E-state index contributed by atoms with van der Waals surface area (Å²) in [5.41, 5.74) is 4.58. The summed E-state index contributed by atoms with van der Waals surface area (Å²) in [6.07, 6.45) is 1.88. The lowest BCUT2D eigenvalue weighted by atomic mass is 10.1. The number of aromatic nitrogens is 1. The van der Waals surface area contributed by atoms with Crippen LogP contribution >= 0.6 is 15.9 Å². The predicted octanol–water partition coefficient (Wildman–Crippen LogP) is 4.92. The lowest BCUT2D eigenvalue weighted by Crippen LogP contribution is -2.00. The van der Waals surface area contributed by atoms with Crippen LogP contribution in [0.4, 0.5) is 5.69 Å². The quantitative estimate of drug-likeness (QED) is 0.739. The Kier molecular flexibility index (Phi) is 3.70. The molecule has 2 nitrogen and oxygen atoms in total. The van der Waals surface area contributed by atoms with Gasteiger partial charge in [0.2, 0.25) is 0 Å². The second kappa shape index (κ2) is 5.63. The number of fused-ring (bicyclic) bond motifs is 1. The molecule has 0 aliphatic rings. The van der Waals surface area contributed by atoms with E-state index in [0.29, 0.717) is 0 Å². The first kappa shape index (κ1) is 13.1. The smallest absolute Gasteiger partial charge is 0.0703 e. The number of pyridine rings is 1. The summed E-state index contributed by atoms with van der Waals surface area (Å²) < 4.78 is 1.15. The Hall–Kier alpha value is -1.87. The molecule has 1 heterocycles. The van der Waals surface area contributed by atoms with E-state index in [2.05, 4.69) is 63.5 Å². The van der Waals surface area contributed by atoms with Crippen LogP contribution < -0.4 is 5.32 Å². The molecule has 3 rings (SSSR count). The van der Waals surface area contributed by atoms with Gasteiger partial charge in [0.15, 0.2) is 0 Å². The lowest BCUT2D eigenvalue weighted by Gasteiger charge is -2.08. The maximum atomic E-state index is 4.46. The van der Waals surface area contributed by atoms with Gasteiger partial charge in [-0.05, 0) is 36.2 Å². The van der Waals surface area contributed by atoms with E-state index in [1.54, 1.807) is 0 Å². The average Bonchev–Trinajstić information content (AvgIpc) is 2.48. The molecule has 20 heavy (non-hydrogen) atoms. The van der Waals surface area contributed by atoms with E-state index in [0.717, 1.165) is 27.6 Å². The molecular weight excluding hydrogens is 312 g/mol. The van der Waals surface area contributed by atoms with Gasteiger partial charge in [0.25, 0.3) is 0 Å². The maximum absolute atomic E-state index is 4.46. The zero-order valence-electron chi connectivity index (χ0n) is 11.2. The Morgan fingerprint density at radius 2 is 1.95 bits per heavy atom. The number of benzene rings is 2. The normalized spacial score (nSPS) is 10.7. The number of halogens is 1. The number of nitrogens with zero attached hydrogens (tertiary/aromatic N) is 1. The van der Waals surface area contributed by atoms with Gasteiger partial charge in [-0.1, -0.05) is 46.3 Å². The Balaban J connectivity index is 1.77. The van der Waals surface area contributed by atoms with Crippen molar-refractivity contribution in [3.05, 3.63) is 70.3 Å². The van der Waals surface area contributed by atoms with Crippen LogP contribution in [0.15, 0.2) is 59.2 Å². The molecule has 3 aromatic rings. The number of hydrogen-bond acceptors (Lipinski definition) is 2. The van der Waals surface area contributed by atoms with Crippen molar-refractivity contribution >= 4 is 32.5 Å². The molecule has 100 valence electrons. The molecule has 0 amide bonds. The average molecular weight is 327 g/mol. The van der Waals surface area contributed by atoms with Crippen LogP contribution in [0.1, 0.15) is 11.1 Å². The molecular formula is C17H15BrN2. The van der Waals surface area contributed by atoms with Gasteiger partial charge in [-0.2, -0.15) is 0 Å². The minimum Gasteiger partial charge on any atom is -0.380 e. The van der Waals surface area contributed by atoms with Crippen molar-refractivity contribution in [2.45, 2.75) is 13.5 Å². The standard InChI is InChI=1S/C17H15BrN2/c1-12-8-13(6-7-16(12)18)10-19-15-9-14-4-2-3-5-17(14)20-11-15/h2-9,11,19H,10H2,1H3. The largest absolute Gasteiger partial charge is 0.380 e. The van der Waals surface area contributed by atoms with Crippen molar-refractivity contribution in [3.63, 3.8) is 0 Å². The van der Waals surface area contributed by atoms with E-state index in [4.69, 9.17) is 0 Å². The van der Waals surface area contributed by atoms with Crippen molar-refractivity contribution in [3.8, 4) is 0 Å². The molecule has 0 fully saturated rings. The molecule has 0 radical (unpaired) electrons. The first-order valence-electron chi connectivity index (χ1n) is 6.56. The number of anilines is 1. The van der Waals surface area contributed by atoms with Crippen molar-refractivity contribution in [1.29, 1.82) is 0 Å². The predicted molar refractivity (Wildman–Crippen MR) is 87.9 cm³/mol. The van der Waals surface area contributed by atoms with Gasteiger partial charge in [0.1, 0.15) is 0 Å². The van der Waals surface area contributed by atoms with Crippen molar-refractivity contribution in [2.24, 2.45) is 0 Å². The van der Waals surface area contributed by atoms with Crippen molar-refractivity contribution in [1.82, 2.24) is 4.98 Å². The SMILES string of the molecule is Cc1cc(CNc2cnc3ccccc3c2)ccc1Br. The van der Waals surface area contributed by atoms with Crippen LogP contribution in [0.5, 0.6) is 0 Å². The minimum atomic E-state index is 0.800. The summed E-state index contributed by atoms with van der Waals surface area (Å²) in [4.78, 5) is 4.46. The van der Waals surface area contributed by atoms with Gasteiger partial charge >= 0.3 is 0 Å². The van der Waals surface area contributed by atoms with E-state index in [1.807, 2.05) is 24.4 Å². The van der Waals surface area contributed by atoms with Gasteiger partial charge in [-0.15, -0.1) is 0 Å². The molecule has 0 atom stereocenters. The second-order valence-electron chi connectivity index (χ2n) is 4.85. The van der Waals surface area contributed by atoms with E-state index in [-0.39, 0.29) is 0 Å². The number of para-hydroxylation sites is 1. The van der Waals surface area contributed by atoms with Crippen LogP contribution in [0.2, 0.25) is 0 Å². The summed E-state index contributed by atoms with van der Waals surface area (Å²) in [6, 6.07) is 16.7. The minimum absolute atomic E-state index is 0.800. The molecule has 0 aliphatic heterocycles. The molecule has 3 heteroatoms. The Morgan fingerprint density at radius 1 is 1.10 bits per heavy atom. The third-order valence-corrected chi connectivity index (χ3v) is 4.20. The third-order valence-electron chi connectivity index (χ3n) is 3.31. The maximum Gasteiger partial charge on any atom is 0.0703 e. The van der Waals surface area contributed by atoms with Gasteiger partial charge in [0.05, 0.1) is 17.4 Å². The van der Waals surface area contributed by atoms with Crippen LogP contribution in [0.25, 0.3) is 10.9 Å². The lowest BCUT2D eigenvalue weighted by molar-refractivity contribution is 1.13. The van der Waals surface area contributed by atoms with E-state index < -0.39 is 0 Å². The van der Waals surface area contributed by atoms with E-state index >= 15 is 0 Å². The van der Waals surface area contributed by atoms with Crippen LogP contribution in [0, 0.1) is 6.92 Å². The van der Waals surface area contributed by atoms with Crippen molar-refractivity contribution in [2.75, 3.05) is 5.32 Å². The van der Waals surface area contributed by atoms with Crippen LogP contribution in [-0.4, -0.2) is 4.98 Å². The van der Waals surface area contributed by atoms with E-state index in [1.165, 1.54) is 11.1 Å². The second-order valence-corrected chi connectivity index (χ2v) is 5.71. The highest BCUT2D eigenvalue weighted by Crippen LogP contribution is 2.19. The Bertz CT molecular complexity index is 753. The molecule has 1 N–H and O–H groups in total. The van der Waals surface area contributed by atoms with E-state index in [9.17, 15) is 0 Å². The Labute approximate surface area is 127 Å². The first-order valence-corrected chi connectivity index (χ1v) is 7.35. The summed E-state index contributed by atoms with van der Waals surface area (Å²) in [5, 5.41) is 4.58. The highest BCUT2D eigenvalue weighted by atomic mass is 79.9. The third kappa shape index (κ3) is 2.83. The van der Waals surface area contributed by atoms with Crippen LogP contribution in [0.3, 0.4) is 0 Å². The summed E-state index contributed by atoms with van der Waals surface area (Å²) in [5.74, 6) is 0. The fourth-order valence-electron chi connectivity index (χ4n) is 2.19. The molecule has 0 saturated carbocycles.